The van der Waals surface area contributed by atoms with Crippen LogP contribution in [0.1, 0.15) is 13.8 Å². The summed E-state index contributed by atoms with van der Waals surface area (Å²) in [6.07, 6.45) is 0. The molecule has 0 saturated carbocycles. The molecule has 6 heavy (non-hydrogen) atoms. The summed E-state index contributed by atoms with van der Waals surface area (Å²) in [5, 5.41) is 0. The Bertz CT molecular complexity index is 21.5. The molecule has 0 amide bonds. The molecule has 1 nitrogen and oxygen atoms in total. The van der Waals surface area contributed by atoms with Gasteiger partial charge in [0.25, 0.3) is 0 Å². The van der Waals surface area contributed by atoms with E-state index in [4.69, 9.17) is 0 Å². The van der Waals surface area contributed by atoms with Gasteiger partial charge in [-0.15, -0.1) is 0 Å². The molecule has 2 heteroatoms. The number of rotatable bonds is 1. The molecule has 0 saturated heterocycles. The van der Waals surface area contributed by atoms with E-state index in [2.05, 4.69) is 26.5 Å². The number of thiol groups is 1. The van der Waals surface area contributed by atoms with Crippen LogP contribution in [0.15, 0.2) is 0 Å². The van der Waals surface area contributed by atoms with Gasteiger partial charge in [0.15, 0.2) is 0 Å². The largest absolute Gasteiger partial charge is 0.344 e. The van der Waals surface area contributed by atoms with E-state index in [9.17, 15) is 0 Å². The summed E-state index contributed by atoms with van der Waals surface area (Å²) in [5.74, 6) is 1.75. The van der Waals surface area contributed by atoms with Crippen LogP contribution in [0.3, 0.4) is 0 Å². The molecule has 0 aromatic rings. The fraction of sp³-hybridized carbons (Fsp3) is 1.00. The Morgan fingerprint density at radius 3 is 1.67 bits per heavy atom. The SMILES string of the molecule is CC(C)CS.N. The van der Waals surface area contributed by atoms with Gasteiger partial charge in [-0.1, -0.05) is 13.8 Å². The van der Waals surface area contributed by atoms with Crippen LogP contribution in [0.2, 0.25) is 0 Å². The Balaban J connectivity index is 0. The predicted octanol–water partition coefficient (Wildman–Crippen LogP) is 1.73. The van der Waals surface area contributed by atoms with E-state index in [1.54, 1.807) is 0 Å². The Labute approximate surface area is 45.1 Å². The lowest BCUT2D eigenvalue weighted by molar-refractivity contribution is 0.753. The maximum Gasteiger partial charge on any atom is -0.00748 e. The molecule has 0 aliphatic carbocycles. The first-order chi connectivity index (χ1) is 2.27. The van der Waals surface area contributed by atoms with Crippen LogP contribution in [0.25, 0.3) is 0 Å². The third-order valence-electron chi connectivity index (χ3n) is 0.365. The molecule has 0 fully saturated rings. The third-order valence-corrected chi connectivity index (χ3v) is 1.10. The van der Waals surface area contributed by atoms with Crippen molar-refractivity contribution in [1.82, 2.24) is 6.15 Å². The zero-order valence-electron chi connectivity index (χ0n) is 4.44. The Morgan fingerprint density at radius 2 is 1.67 bits per heavy atom. The van der Waals surface area contributed by atoms with Crippen molar-refractivity contribution in [2.75, 3.05) is 5.75 Å². The second-order valence-electron chi connectivity index (χ2n) is 1.58. The van der Waals surface area contributed by atoms with Crippen LogP contribution in [0.5, 0.6) is 0 Å². The van der Waals surface area contributed by atoms with Gasteiger partial charge in [-0.25, -0.2) is 0 Å². The predicted molar refractivity (Wildman–Crippen MR) is 33.7 cm³/mol. The minimum absolute atomic E-state index is 0. The van der Waals surface area contributed by atoms with Crippen molar-refractivity contribution in [1.29, 1.82) is 0 Å². The van der Waals surface area contributed by atoms with Crippen LogP contribution in [-0.2, 0) is 0 Å². The van der Waals surface area contributed by atoms with Crippen molar-refractivity contribution in [2.24, 2.45) is 5.92 Å². The first-order valence-corrected chi connectivity index (χ1v) is 2.51. The Kier molecular flexibility index (Phi) is 8.48. The van der Waals surface area contributed by atoms with Gasteiger partial charge in [-0.3, -0.25) is 0 Å². The van der Waals surface area contributed by atoms with E-state index < -0.39 is 0 Å². The standard InChI is InChI=1S/C4H10S.H3N/c1-4(2)3-5;/h4-5H,3H2,1-2H3;1H3. The van der Waals surface area contributed by atoms with E-state index in [1.165, 1.54) is 0 Å². The minimum Gasteiger partial charge on any atom is -0.344 e. The van der Waals surface area contributed by atoms with Crippen molar-refractivity contribution >= 4 is 12.6 Å². The summed E-state index contributed by atoms with van der Waals surface area (Å²) >= 11 is 4.02. The molecule has 0 aromatic heterocycles. The van der Waals surface area contributed by atoms with Gasteiger partial charge < -0.3 is 6.15 Å². The summed E-state index contributed by atoms with van der Waals surface area (Å²) in [6.45, 7) is 4.29. The molecular weight excluding hydrogens is 94.1 g/mol. The summed E-state index contributed by atoms with van der Waals surface area (Å²) in [7, 11) is 0. The average Bonchev–Trinajstić information content (AvgIpc) is 1.38. The highest BCUT2D eigenvalue weighted by molar-refractivity contribution is 7.80. The maximum atomic E-state index is 4.02. The van der Waals surface area contributed by atoms with Crippen molar-refractivity contribution in [3.8, 4) is 0 Å². The van der Waals surface area contributed by atoms with Gasteiger partial charge in [-0.05, 0) is 11.7 Å². The van der Waals surface area contributed by atoms with Crippen LogP contribution >= 0.6 is 12.6 Å². The van der Waals surface area contributed by atoms with Crippen molar-refractivity contribution in [2.45, 2.75) is 13.8 Å². The van der Waals surface area contributed by atoms with Gasteiger partial charge in [-0.2, -0.15) is 12.6 Å². The highest BCUT2D eigenvalue weighted by atomic mass is 32.1. The molecule has 0 aliphatic heterocycles. The molecule has 0 atom stereocenters. The molecule has 0 unspecified atom stereocenters. The summed E-state index contributed by atoms with van der Waals surface area (Å²) in [4.78, 5) is 0. The second-order valence-corrected chi connectivity index (χ2v) is 1.94. The minimum atomic E-state index is 0. The quantitative estimate of drug-likeness (QED) is 0.492. The number of hydrogen-bond donors (Lipinski definition) is 2. The normalized spacial score (nSPS) is 8.00. The maximum absolute atomic E-state index is 4.02. The highest BCUT2D eigenvalue weighted by Gasteiger charge is 1.80. The van der Waals surface area contributed by atoms with Crippen molar-refractivity contribution in [3.63, 3.8) is 0 Å². The Hall–Kier alpha value is 0.310. The lowest BCUT2D eigenvalue weighted by atomic mass is 10.3. The third kappa shape index (κ3) is 8.85. The van der Waals surface area contributed by atoms with Crippen LogP contribution in [0.4, 0.5) is 0 Å². The lowest BCUT2D eigenvalue weighted by Gasteiger charge is -1.89. The molecule has 0 aromatic carbocycles. The summed E-state index contributed by atoms with van der Waals surface area (Å²) in [5.41, 5.74) is 0. The van der Waals surface area contributed by atoms with Crippen LogP contribution in [-0.4, -0.2) is 5.75 Å². The van der Waals surface area contributed by atoms with Crippen molar-refractivity contribution < 1.29 is 0 Å². The smallest absolute Gasteiger partial charge is 0.00748 e. The number of hydrogen-bond acceptors (Lipinski definition) is 2. The van der Waals surface area contributed by atoms with E-state index >= 15 is 0 Å². The lowest BCUT2D eigenvalue weighted by Crippen LogP contribution is -1.83. The molecule has 0 rings (SSSR count). The molecule has 0 spiro atoms. The fourth-order valence-corrected chi connectivity index (χ4v) is 0. The van der Waals surface area contributed by atoms with Gasteiger partial charge in [0.2, 0.25) is 0 Å². The van der Waals surface area contributed by atoms with Gasteiger partial charge in [0, 0.05) is 0 Å². The molecule has 40 valence electrons. The monoisotopic (exact) mass is 107 g/mol. The molecule has 0 aliphatic rings. The van der Waals surface area contributed by atoms with E-state index in [1.807, 2.05) is 0 Å². The molecule has 0 heterocycles. The first-order valence-electron chi connectivity index (χ1n) is 1.88. The zero-order valence-corrected chi connectivity index (χ0v) is 5.33. The first kappa shape index (κ1) is 9.58. The van der Waals surface area contributed by atoms with E-state index in [0.29, 0.717) is 0 Å². The van der Waals surface area contributed by atoms with Gasteiger partial charge in [0.1, 0.15) is 0 Å². The van der Waals surface area contributed by atoms with Crippen molar-refractivity contribution in [3.05, 3.63) is 0 Å². The highest BCUT2D eigenvalue weighted by Crippen LogP contribution is 1.90. The summed E-state index contributed by atoms with van der Waals surface area (Å²) < 4.78 is 0. The summed E-state index contributed by atoms with van der Waals surface area (Å²) in [6, 6.07) is 0. The van der Waals surface area contributed by atoms with E-state index in [0.717, 1.165) is 11.7 Å². The molecular formula is C4H13NS. The topological polar surface area (TPSA) is 35.0 Å². The van der Waals surface area contributed by atoms with Gasteiger partial charge >= 0.3 is 0 Å². The average molecular weight is 107 g/mol. The molecule has 3 N–H and O–H groups in total. The molecule has 0 radical (unpaired) electrons. The fourth-order valence-electron chi connectivity index (χ4n) is 0. The Morgan fingerprint density at radius 1 is 1.50 bits per heavy atom. The molecule has 0 bridgehead atoms. The zero-order chi connectivity index (χ0) is 4.28. The van der Waals surface area contributed by atoms with Crippen LogP contribution in [0, 0.1) is 5.92 Å². The van der Waals surface area contributed by atoms with E-state index in [-0.39, 0.29) is 6.15 Å². The second kappa shape index (κ2) is 5.31. The van der Waals surface area contributed by atoms with Crippen LogP contribution < -0.4 is 6.15 Å². The van der Waals surface area contributed by atoms with Gasteiger partial charge in [0.05, 0.1) is 0 Å².